The van der Waals surface area contributed by atoms with Crippen molar-refractivity contribution in [2.45, 2.75) is 13.8 Å². The van der Waals surface area contributed by atoms with Crippen LogP contribution < -0.4 is 10.6 Å². The highest BCUT2D eigenvalue weighted by molar-refractivity contribution is 5.94. The van der Waals surface area contributed by atoms with E-state index in [4.69, 9.17) is 10.9 Å². The number of hydrogen-bond acceptors (Lipinski definition) is 2. The number of guanidine groups is 1. The summed E-state index contributed by atoms with van der Waals surface area (Å²) in [6.07, 6.45) is 0. The molecule has 4 heteroatoms. The number of rotatable bonds is 2. The lowest BCUT2D eigenvalue weighted by molar-refractivity contribution is 0.317. The van der Waals surface area contributed by atoms with E-state index in [1.54, 1.807) is 4.90 Å². The van der Waals surface area contributed by atoms with Crippen molar-refractivity contribution < 1.29 is 5.21 Å². The van der Waals surface area contributed by atoms with Crippen molar-refractivity contribution >= 4 is 11.6 Å². The number of anilines is 1. The molecule has 0 atom stereocenters. The van der Waals surface area contributed by atoms with Gasteiger partial charge in [-0.1, -0.05) is 23.4 Å². The Balaban J connectivity index is 3.07. The molecular weight excluding hydrogens is 178 g/mol. The van der Waals surface area contributed by atoms with Crippen LogP contribution in [0.3, 0.4) is 0 Å². The Morgan fingerprint density at radius 1 is 1.50 bits per heavy atom. The average Bonchev–Trinajstić information content (AvgIpc) is 2.21. The summed E-state index contributed by atoms with van der Waals surface area (Å²) < 4.78 is 0. The molecule has 0 aromatic heterocycles. The number of hydrogen-bond donors (Lipinski definition) is 2. The molecule has 0 unspecified atom stereocenters. The minimum atomic E-state index is 0.113. The van der Waals surface area contributed by atoms with E-state index in [2.05, 4.69) is 5.16 Å². The van der Waals surface area contributed by atoms with Gasteiger partial charge in [-0.15, -0.1) is 0 Å². The molecule has 76 valence electrons. The standard InChI is InChI=1S/C10H15N3O/c1-3-13(10(11)12-14)9-7-5-4-6-8(9)2/h4-7,14H,3H2,1-2H3,(H2,11,12). The first-order chi connectivity index (χ1) is 6.70. The summed E-state index contributed by atoms with van der Waals surface area (Å²) in [6.45, 7) is 4.61. The Morgan fingerprint density at radius 3 is 2.64 bits per heavy atom. The lowest BCUT2D eigenvalue weighted by Crippen LogP contribution is -2.37. The molecule has 0 saturated heterocycles. The smallest absolute Gasteiger partial charge is 0.237 e. The van der Waals surface area contributed by atoms with Gasteiger partial charge in [-0.25, -0.2) is 0 Å². The summed E-state index contributed by atoms with van der Waals surface area (Å²) >= 11 is 0. The molecule has 1 aromatic rings. The van der Waals surface area contributed by atoms with Crippen LogP contribution in [0.25, 0.3) is 0 Å². The molecule has 0 aliphatic rings. The first-order valence-corrected chi connectivity index (χ1v) is 4.51. The number of benzene rings is 1. The molecule has 3 N–H and O–H groups in total. The summed E-state index contributed by atoms with van der Waals surface area (Å²) in [7, 11) is 0. The second-order valence-corrected chi connectivity index (χ2v) is 2.99. The molecule has 4 nitrogen and oxygen atoms in total. The third-order valence-electron chi connectivity index (χ3n) is 2.10. The summed E-state index contributed by atoms with van der Waals surface area (Å²) in [4.78, 5) is 1.75. The fourth-order valence-electron chi connectivity index (χ4n) is 1.38. The molecule has 0 radical (unpaired) electrons. The van der Waals surface area contributed by atoms with Crippen molar-refractivity contribution in [3.05, 3.63) is 29.8 Å². The molecule has 0 aliphatic carbocycles. The molecular formula is C10H15N3O. The zero-order valence-electron chi connectivity index (χ0n) is 8.44. The Kier molecular flexibility index (Phi) is 3.34. The third-order valence-corrected chi connectivity index (χ3v) is 2.10. The van der Waals surface area contributed by atoms with E-state index >= 15 is 0 Å². The molecule has 0 heterocycles. The molecule has 0 spiro atoms. The highest BCUT2D eigenvalue weighted by Gasteiger charge is 2.10. The van der Waals surface area contributed by atoms with Gasteiger partial charge in [0.25, 0.3) is 0 Å². The SMILES string of the molecule is CCN(/C(N)=N/O)c1ccccc1C. The van der Waals surface area contributed by atoms with Crippen LogP contribution in [0.2, 0.25) is 0 Å². The van der Waals surface area contributed by atoms with Gasteiger partial charge in [-0.2, -0.15) is 0 Å². The lowest BCUT2D eigenvalue weighted by atomic mass is 10.2. The predicted octanol–water partition coefficient (Wildman–Crippen LogP) is 1.53. The topological polar surface area (TPSA) is 61.8 Å². The maximum absolute atomic E-state index is 8.61. The Morgan fingerprint density at radius 2 is 2.14 bits per heavy atom. The summed E-state index contributed by atoms with van der Waals surface area (Å²) in [5.41, 5.74) is 7.62. The van der Waals surface area contributed by atoms with Crippen molar-refractivity contribution in [3.8, 4) is 0 Å². The normalized spacial score (nSPS) is 11.4. The third kappa shape index (κ3) is 1.96. The van der Waals surface area contributed by atoms with E-state index in [1.807, 2.05) is 38.1 Å². The predicted molar refractivity (Wildman–Crippen MR) is 57.6 cm³/mol. The number of aryl methyl sites for hydroxylation is 1. The largest absolute Gasteiger partial charge is 0.408 e. The van der Waals surface area contributed by atoms with Crippen molar-refractivity contribution in [2.24, 2.45) is 10.9 Å². The van der Waals surface area contributed by atoms with Gasteiger partial charge in [-0.3, -0.25) is 0 Å². The first-order valence-electron chi connectivity index (χ1n) is 4.51. The van der Waals surface area contributed by atoms with Crippen LogP contribution in [0, 0.1) is 6.92 Å². The van der Waals surface area contributed by atoms with Crippen LogP contribution in [0.1, 0.15) is 12.5 Å². The minimum absolute atomic E-state index is 0.113. The summed E-state index contributed by atoms with van der Waals surface area (Å²) in [6, 6.07) is 7.81. The van der Waals surface area contributed by atoms with Gasteiger partial charge in [0.05, 0.1) is 0 Å². The highest BCUT2D eigenvalue weighted by Crippen LogP contribution is 2.18. The Labute approximate surface area is 83.6 Å². The van der Waals surface area contributed by atoms with Crippen LogP contribution >= 0.6 is 0 Å². The van der Waals surface area contributed by atoms with E-state index in [0.717, 1.165) is 11.3 Å². The lowest BCUT2D eigenvalue weighted by Gasteiger charge is -2.22. The van der Waals surface area contributed by atoms with E-state index in [9.17, 15) is 0 Å². The summed E-state index contributed by atoms with van der Waals surface area (Å²) in [5.74, 6) is 0.113. The number of nitrogens with zero attached hydrogens (tertiary/aromatic N) is 2. The Bertz CT molecular complexity index is 336. The molecule has 0 fully saturated rings. The number of nitrogens with two attached hydrogens (primary N) is 1. The van der Waals surface area contributed by atoms with E-state index in [-0.39, 0.29) is 5.96 Å². The maximum Gasteiger partial charge on any atom is 0.237 e. The number of para-hydroxylation sites is 1. The number of oxime groups is 1. The van der Waals surface area contributed by atoms with Crippen molar-refractivity contribution in [1.82, 2.24) is 0 Å². The highest BCUT2D eigenvalue weighted by atomic mass is 16.4. The molecule has 1 rings (SSSR count). The van der Waals surface area contributed by atoms with Gasteiger partial charge in [0.1, 0.15) is 0 Å². The minimum Gasteiger partial charge on any atom is -0.408 e. The second-order valence-electron chi connectivity index (χ2n) is 2.99. The Hall–Kier alpha value is -1.71. The van der Waals surface area contributed by atoms with Crippen molar-refractivity contribution in [3.63, 3.8) is 0 Å². The molecule has 14 heavy (non-hydrogen) atoms. The fraction of sp³-hybridized carbons (Fsp3) is 0.300. The molecule has 0 amide bonds. The van der Waals surface area contributed by atoms with Crippen molar-refractivity contribution in [1.29, 1.82) is 0 Å². The van der Waals surface area contributed by atoms with Gasteiger partial charge in [0.2, 0.25) is 5.96 Å². The van der Waals surface area contributed by atoms with Gasteiger partial charge in [0.15, 0.2) is 0 Å². The van der Waals surface area contributed by atoms with Gasteiger partial charge in [-0.05, 0) is 25.5 Å². The zero-order valence-corrected chi connectivity index (χ0v) is 8.44. The maximum atomic E-state index is 8.61. The van der Waals surface area contributed by atoms with Crippen LogP contribution in [0.15, 0.2) is 29.4 Å². The van der Waals surface area contributed by atoms with Crippen molar-refractivity contribution in [2.75, 3.05) is 11.4 Å². The van der Waals surface area contributed by atoms with Gasteiger partial charge in [0, 0.05) is 12.2 Å². The van der Waals surface area contributed by atoms with E-state index in [0.29, 0.717) is 6.54 Å². The summed E-state index contributed by atoms with van der Waals surface area (Å²) in [5, 5.41) is 11.6. The van der Waals surface area contributed by atoms with E-state index < -0.39 is 0 Å². The van der Waals surface area contributed by atoms with Gasteiger partial charge >= 0.3 is 0 Å². The van der Waals surface area contributed by atoms with Crippen LogP contribution in [0.5, 0.6) is 0 Å². The van der Waals surface area contributed by atoms with Crippen LogP contribution in [-0.2, 0) is 0 Å². The van der Waals surface area contributed by atoms with Crippen LogP contribution in [0.4, 0.5) is 5.69 Å². The first kappa shape index (κ1) is 10.4. The zero-order chi connectivity index (χ0) is 10.6. The van der Waals surface area contributed by atoms with Gasteiger partial charge < -0.3 is 15.8 Å². The monoisotopic (exact) mass is 193 g/mol. The quantitative estimate of drug-likeness (QED) is 0.324. The fourth-order valence-corrected chi connectivity index (χ4v) is 1.38. The molecule has 1 aromatic carbocycles. The average molecular weight is 193 g/mol. The molecule has 0 bridgehead atoms. The van der Waals surface area contributed by atoms with Crippen LogP contribution in [-0.4, -0.2) is 17.7 Å². The second kappa shape index (κ2) is 4.50. The molecule has 0 aliphatic heterocycles. The molecule has 0 saturated carbocycles. The van der Waals surface area contributed by atoms with E-state index in [1.165, 1.54) is 0 Å².